The summed E-state index contributed by atoms with van der Waals surface area (Å²) >= 11 is 0. The molecule has 2 N–H and O–H groups in total. The van der Waals surface area contributed by atoms with E-state index in [2.05, 4.69) is 0 Å². The lowest BCUT2D eigenvalue weighted by Gasteiger charge is -1.96. The monoisotopic (exact) mass is 78.0 g/mol. The maximum atomic E-state index is 8.33. The van der Waals surface area contributed by atoms with Crippen LogP contribution in [0.4, 0.5) is 4.79 Å². The quantitative estimate of drug-likeness (QED) is 0.304. The van der Waals surface area contributed by atoms with Crippen LogP contribution < -0.4 is 10.2 Å². The minimum atomic E-state index is -2.33. The molecule has 0 saturated carbocycles. The second-order valence-electron chi connectivity index (χ2n) is 0.250. The first kappa shape index (κ1) is 8.87. The summed E-state index contributed by atoms with van der Waals surface area (Å²) in [5, 5.41) is 16.7. The Hall–Kier alpha value is -0.770. The zero-order valence-corrected chi connectivity index (χ0v) is 2.22. The first-order chi connectivity index (χ1) is 1.73. The van der Waals surface area contributed by atoms with E-state index < -0.39 is 6.16 Å². The second kappa shape index (κ2) is 3.23. The molecule has 0 aliphatic carbocycles. The molecule has 0 unspecified atom stereocenters. The summed E-state index contributed by atoms with van der Waals surface area (Å²) in [6, 6.07) is 0. The first-order valence-electron chi connectivity index (χ1n) is 0.612. The lowest BCUT2D eigenvalue weighted by molar-refractivity contribution is -0.415. The van der Waals surface area contributed by atoms with Crippen molar-refractivity contribution in [1.29, 1.82) is 0 Å². The maximum absolute atomic E-state index is 8.33. The van der Waals surface area contributed by atoms with Gasteiger partial charge in [0.1, 0.15) is 0 Å². The van der Waals surface area contributed by atoms with E-state index >= 15 is 0 Å². The van der Waals surface area contributed by atoms with E-state index in [1.165, 1.54) is 0 Å². The van der Waals surface area contributed by atoms with Gasteiger partial charge in [0, 0.05) is 0 Å². The minimum absolute atomic E-state index is 0. The van der Waals surface area contributed by atoms with Gasteiger partial charge in [0.05, 0.1) is 0 Å². The first-order valence-corrected chi connectivity index (χ1v) is 0.612. The van der Waals surface area contributed by atoms with Gasteiger partial charge in [0.25, 0.3) is 0 Å². The lowest BCUT2D eigenvalue weighted by Crippen LogP contribution is -2.37. The molecule has 32 valence electrons. The maximum Gasteiger partial charge on any atom is -0.0431 e. The van der Waals surface area contributed by atoms with E-state index in [4.69, 9.17) is 15.0 Å². The van der Waals surface area contributed by atoms with Crippen molar-refractivity contribution in [3.05, 3.63) is 0 Å². The molecule has 5 heavy (non-hydrogen) atoms. The summed E-state index contributed by atoms with van der Waals surface area (Å²) in [5.41, 5.74) is 0. The smallest absolute Gasteiger partial charge is 0.0431 e. The highest BCUT2D eigenvalue weighted by atomic mass is 16.6. The van der Waals surface area contributed by atoms with Gasteiger partial charge in [-0.2, -0.15) is 0 Å². The van der Waals surface area contributed by atoms with E-state index in [1.54, 1.807) is 0 Å². The Balaban J connectivity index is 0. The Bertz CT molecular complexity index is 26.6. The Morgan fingerprint density at radius 2 is 1.40 bits per heavy atom. The summed E-state index contributed by atoms with van der Waals surface area (Å²) in [4.78, 5) is 8.33. The van der Waals surface area contributed by atoms with Crippen LogP contribution in [0.5, 0.6) is 0 Å². The number of hydrogen-bond acceptors (Lipinski definition) is 3. The zero-order valence-electron chi connectivity index (χ0n) is 2.22. The predicted molar refractivity (Wildman–Crippen MR) is 9.01 cm³/mol. The third-order valence-electron chi connectivity index (χ3n) is 0. The number of rotatable bonds is 0. The standard InChI is InChI=1S/CH2O3.H2O/c2-1(3)4;/h(H2,2,3,4);1H2/p-2. The molecule has 0 bridgehead atoms. The SMILES string of the molecule is O.O=C([O-])[O-]. The highest BCUT2D eigenvalue weighted by molar-refractivity contribution is 5.47. The van der Waals surface area contributed by atoms with Crippen LogP contribution in [0.15, 0.2) is 0 Å². The molecule has 0 saturated heterocycles. The van der Waals surface area contributed by atoms with Crippen molar-refractivity contribution in [3.63, 3.8) is 0 Å². The number of carbonyl (C=O) groups excluding carboxylic acids is 1. The van der Waals surface area contributed by atoms with Crippen LogP contribution in [0.1, 0.15) is 0 Å². The van der Waals surface area contributed by atoms with Crippen molar-refractivity contribution in [1.82, 2.24) is 0 Å². The number of carboxylic acid groups (broad SMARTS) is 2. The fourth-order valence-electron chi connectivity index (χ4n) is 0. The third kappa shape index (κ3) is 8.24. The van der Waals surface area contributed by atoms with Crippen LogP contribution in [-0.4, -0.2) is 11.6 Å². The molecule has 0 spiro atoms. The van der Waals surface area contributed by atoms with Crippen molar-refractivity contribution in [2.75, 3.05) is 0 Å². The Kier molecular flexibility index (Phi) is 5.73. The van der Waals surface area contributed by atoms with Crippen LogP contribution in [0.3, 0.4) is 0 Å². The molecule has 0 fully saturated rings. The molecule has 0 radical (unpaired) electrons. The molecule has 0 rings (SSSR count). The van der Waals surface area contributed by atoms with Crippen molar-refractivity contribution < 1.29 is 20.5 Å². The van der Waals surface area contributed by atoms with Crippen LogP contribution in [0.25, 0.3) is 0 Å². The molecule has 0 atom stereocenters. The van der Waals surface area contributed by atoms with E-state index in [1.807, 2.05) is 0 Å². The number of carbonyl (C=O) groups is 1. The van der Waals surface area contributed by atoms with Crippen LogP contribution in [0, 0.1) is 0 Å². The summed E-state index contributed by atoms with van der Waals surface area (Å²) in [7, 11) is 0. The van der Waals surface area contributed by atoms with Gasteiger partial charge in [-0.25, -0.2) is 0 Å². The summed E-state index contributed by atoms with van der Waals surface area (Å²) < 4.78 is 0. The van der Waals surface area contributed by atoms with E-state index in [9.17, 15) is 0 Å². The van der Waals surface area contributed by atoms with Gasteiger partial charge in [-0.05, 0) is 6.16 Å². The highest BCUT2D eigenvalue weighted by Crippen LogP contribution is 1.21. The van der Waals surface area contributed by atoms with Crippen molar-refractivity contribution >= 4 is 6.16 Å². The van der Waals surface area contributed by atoms with E-state index in [0.717, 1.165) is 0 Å². The molecule has 0 heterocycles. The van der Waals surface area contributed by atoms with Gasteiger partial charge in [0.15, 0.2) is 0 Å². The second-order valence-corrected chi connectivity index (χ2v) is 0.250. The van der Waals surface area contributed by atoms with Crippen LogP contribution in [-0.2, 0) is 0 Å². The summed E-state index contributed by atoms with van der Waals surface area (Å²) in [6.07, 6.45) is -2.33. The fourth-order valence-corrected chi connectivity index (χ4v) is 0. The molecule has 0 aliphatic heterocycles. The normalized spacial score (nSPS) is 4.80. The van der Waals surface area contributed by atoms with Crippen LogP contribution in [0.2, 0.25) is 0 Å². The Morgan fingerprint density at radius 1 is 1.40 bits per heavy atom. The Labute approximate surface area is 28.0 Å². The van der Waals surface area contributed by atoms with Gasteiger partial charge in [0.2, 0.25) is 0 Å². The third-order valence-corrected chi connectivity index (χ3v) is 0. The van der Waals surface area contributed by atoms with Crippen molar-refractivity contribution in [2.45, 2.75) is 0 Å². The Morgan fingerprint density at radius 3 is 1.40 bits per heavy atom. The van der Waals surface area contributed by atoms with Gasteiger partial charge < -0.3 is 20.5 Å². The molecule has 0 aliphatic rings. The largest absolute Gasteiger partial charge is 0.652 e. The average molecular weight is 78.0 g/mol. The summed E-state index contributed by atoms with van der Waals surface area (Å²) in [5.74, 6) is 0. The van der Waals surface area contributed by atoms with Crippen molar-refractivity contribution in [2.24, 2.45) is 0 Å². The summed E-state index contributed by atoms with van der Waals surface area (Å²) in [6.45, 7) is 0. The molecule has 0 aromatic heterocycles. The molecular formula is CH2O4-2. The lowest BCUT2D eigenvalue weighted by atomic mass is 11.5. The molecule has 0 aromatic rings. The van der Waals surface area contributed by atoms with Crippen molar-refractivity contribution in [3.8, 4) is 0 Å². The topological polar surface area (TPSA) is 94.7 Å². The zero-order chi connectivity index (χ0) is 3.58. The fraction of sp³-hybridized carbons (Fsp3) is 0. The molecule has 4 heteroatoms. The highest BCUT2D eigenvalue weighted by Gasteiger charge is 1.26. The van der Waals surface area contributed by atoms with Gasteiger partial charge in [-0.15, -0.1) is 0 Å². The average Bonchev–Trinajstić information content (AvgIpc) is 0.811. The van der Waals surface area contributed by atoms with Gasteiger partial charge >= 0.3 is 0 Å². The van der Waals surface area contributed by atoms with Gasteiger partial charge in [-0.1, -0.05) is 0 Å². The van der Waals surface area contributed by atoms with Crippen LogP contribution >= 0.6 is 0 Å². The van der Waals surface area contributed by atoms with Gasteiger partial charge in [-0.3, -0.25) is 0 Å². The molecule has 0 aromatic carbocycles. The molecular weight excluding hydrogens is 76.0 g/mol. The minimum Gasteiger partial charge on any atom is -0.652 e. The number of hydrogen-bond donors (Lipinski definition) is 0. The van der Waals surface area contributed by atoms with E-state index in [0.29, 0.717) is 0 Å². The predicted octanol–water partition coefficient (Wildman–Crippen LogP) is -3.27. The molecule has 4 nitrogen and oxygen atoms in total. The molecule has 0 amide bonds. The van der Waals surface area contributed by atoms with E-state index in [-0.39, 0.29) is 5.48 Å².